The van der Waals surface area contributed by atoms with Gasteiger partial charge < -0.3 is 9.80 Å². The lowest BCUT2D eigenvalue weighted by Crippen LogP contribution is -2.47. The fraction of sp³-hybridized carbons (Fsp3) is 0.280. The van der Waals surface area contributed by atoms with Gasteiger partial charge in [-0.3, -0.25) is 9.69 Å². The van der Waals surface area contributed by atoms with E-state index in [1.165, 1.54) is 0 Å². The Hall–Kier alpha value is -2.96. The fourth-order valence-corrected chi connectivity index (χ4v) is 4.42. The molecule has 2 heterocycles. The highest BCUT2D eigenvalue weighted by atomic mass is 32.1. The van der Waals surface area contributed by atoms with Gasteiger partial charge in [0.2, 0.25) is 5.91 Å². The normalized spacial score (nSPS) is 14.8. The Labute approximate surface area is 188 Å². The second-order valence-electron chi connectivity index (χ2n) is 7.93. The van der Waals surface area contributed by atoms with Crippen molar-refractivity contribution >= 4 is 29.0 Å². The highest BCUT2D eigenvalue weighted by Gasteiger charge is 2.20. The van der Waals surface area contributed by atoms with Crippen molar-refractivity contribution in [2.24, 2.45) is 0 Å². The first kappa shape index (κ1) is 21.3. The van der Waals surface area contributed by atoms with Crippen LogP contribution in [0.25, 0.3) is 16.6 Å². The number of thiazole rings is 1. The molecule has 6 heteroatoms. The first-order valence-corrected chi connectivity index (χ1v) is 11.4. The minimum atomic E-state index is 0.0800. The van der Waals surface area contributed by atoms with Crippen LogP contribution in [-0.4, -0.2) is 61.0 Å². The first-order valence-electron chi connectivity index (χ1n) is 10.5. The molecule has 0 aliphatic carbocycles. The molecule has 160 valence electrons. The Bertz CT molecular complexity index is 1020. The van der Waals surface area contributed by atoms with Crippen molar-refractivity contribution in [2.45, 2.75) is 6.54 Å². The molecule has 0 radical (unpaired) electrons. The molecule has 0 atom stereocenters. The van der Waals surface area contributed by atoms with Crippen LogP contribution in [0.4, 0.5) is 5.69 Å². The Kier molecular flexibility index (Phi) is 6.79. The van der Waals surface area contributed by atoms with Crippen LogP contribution in [0.5, 0.6) is 0 Å². The zero-order chi connectivity index (χ0) is 21.6. The van der Waals surface area contributed by atoms with E-state index in [9.17, 15) is 4.79 Å². The number of piperazine rings is 1. The largest absolute Gasteiger partial charge is 0.378 e. The second-order valence-corrected chi connectivity index (χ2v) is 8.79. The summed E-state index contributed by atoms with van der Waals surface area (Å²) in [5.41, 5.74) is 4.45. The molecule has 1 aliphatic rings. The van der Waals surface area contributed by atoms with E-state index in [0.29, 0.717) is 0 Å². The van der Waals surface area contributed by atoms with Crippen molar-refractivity contribution in [3.05, 3.63) is 77.3 Å². The molecule has 1 amide bonds. The summed E-state index contributed by atoms with van der Waals surface area (Å²) in [7, 11) is 4.04. The maximum Gasteiger partial charge on any atom is 0.246 e. The number of hydrogen-bond donors (Lipinski definition) is 0. The third-order valence-electron chi connectivity index (χ3n) is 5.47. The van der Waals surface area contributed by atoms with E-state index >= 15 is 0 Å². The molecule has 1 aliphatic heterocycles. The SMILES string of the molecule is CN(C)c1ccc(/C=C/C(=O)N2CCN(Cc3csc(-c4ccccc4)n3)CC2)cc1. The van der Waals surface area contributed by atoms with Gasteiger partial charge >= 0.3 is 0 Å². The van der Waals surface area contributed by atoms with E-state index < -0.39 is 0 Å². The zero-order valence-electron chi connectivity index (χ0n) is 18.1. The van der Waals surface area contributed by atoms with E-state index in [1.807, 2.05) is 55.4 Å². The topological polar surface area (TPSA) is 39.7 Å². The van der Waals surface area contributed by atoms with Crippen LogP contribution in [0.3, 0.4) is 0 Å². The molecule has 5 nitrogen and oxygen atoms in total. The number of aromatic nitrogens is 1. The fourth-order valence-electron chi connectivity index (χ4n) is 3.60. The molecule has 0 bridgehead atoms. The van der Waals surface area contributed by atoms with Gasteiger partial charge in [-0.2, -0.15) is 0 Å². The summed E-state index contributed by atoms with van der Waals surface area (Å²) in [6.45, 7) is 4.07. The number of hydrogen-bond acceptors (Lipinski definition) is 5. The number of carbonyl (C=O) groups is 1. The molecular weight excluding hydrogens is 404 g/mol. The lowest BCUT2D eigenvalue weighted by Gasteiger charge is -2.33. The standard InChI is InChI=1S/C25H28N4OS/c1-27(2)23-11-8-20(9-12-23)10-13-24(30)29-16-14-28(15-17-29)18-22-19-31-25(26-22)21-6-4-3-5-7-21/h3-13,19H,14-18H2,1-2H3/b13-10+. The highest BCUT2D eigenvalue weighted by molar-refractivity contribution is 7.13. The summed E-state index contributed by atoms with van der Waals surface area (Å²) < 4.78 is 0. The summed E-state index contributed by atoms with van der Waals surface area (Å²) in [4.78, 5) is 23.7. The highest BCUT2D eigenvalue weighted by Crippen LogP contribution is 2.24. The molecule has 1 fully saturated rings. The molecule has 0 saturated carbocycles. The number of amides is 1. The van der Waals surface area contributed by atoms with E-state index in [4.69, 9.17) is 4.98 Å². The van der Waals surface area contributed by atoms with Crippen LogP contribution in [-0.2, 0) is 11.3 Å². The van der Waals surface area contributed by atoms with E-state index in [-0.39, 0.29) is 5.91 Å². The lowest BCUT2D eigenvalue weighted by atomic mass is 10.2. The monoisotopic (exact) mass is 432 g/mol. The summed E-state index contributed by atoms with van der Waals surface area (Å²) >= 11 is 1.69. The molecule has 31 heavy (non-hydrogen) atoms. The van der Waals surface area contributed by atoms with Crippen LogP contribution < -0.4 is 4.90 Å². The number of rotatable bonds is 6. The molecule has 1 saturated heterocycles. The first-order chi connectivity index (χ1) is 15.1. The number of carbonyl (C=O) groups excluding carboxylic acids is 1. The van der Waals surface area contributed by atoms with Gasteiger partial charge in [0.05, 0.1) is 5.69 Å². The van der Waals surface area contributed by atoms with Crippen molar-refractivity contribution in [3.8, 4) is 10.6 Å². The molecule has 0 N–H and O–H groups in total. The number of benzene rings is 2. The molecular formula is C25H28N4OS. The van der Waals surface area contributed by atoms with Crippen molar-refractivity contribution in [1.82, 2.24) is 14.8 Å². The third kappa shape index (κ3) is 5.60. The quantitative estimate of drug-likeness (QED) is 0.547. The maximum atomic E-state index is 12.6. The summed E-state index contributed by atoms with van der Waals surface area (Å²) in [6.07, 6.45) is 3.58. The van der Waals surface area contributed by atoms with E-state index in [2.05, 4.69) is 39.4 Å². The van der Waals surface area contributed by atoms with Gasteiger partial charge in [0.25, 0.3) is 0 Å². The number of nitrogens with zero attached hydrogens (tertiary/aromatic N) is 4. The van der Waals surface area contributed by atoms with Gasteiger partial charge in [0.1, 0.15) is 5.01 Å². The van der Waals surface area contributed by atoms with Crippen LogP contribution in [0.2, 0.25) is 0 Å². The zero-order valence-corrected chi connectivity index (χ0v) is 18.9. The van der Waals surface area contributed by atoms with Gasteiger partial charge in [-0.15, -0.1) is 11.3 Å². The minimum absolute atomic E-state index is 0.0800. The molecule has 4 rings (SSSR count). The molecule has 0 unspecified atom stereocenters. The van der Waals surface area contributed by atoms with Gasteiger partial charge in [-0.05, 0) is 23.8 Å². The van der Waals surface area contributed by atoms with Crippen LogP contribution in [0, 0.1) is 0 Å². The Morgan fingerprint density at radius 2 is 1.74 bits per heavy atom. The van der Waals surface area contributed by atoms with Crippen LogP contribution >= 0.6 is 11.3 Å². The number of anilines is 1. The van der Waals surface area contributed by atoms with E-state index in [1.54, 1.807) is 17.4 Å². The maximum absolute atomic E-state index is 12.6. The molecule has 0 spiro atoms. The predicted molar refractivity (Wildman–Crippen MR) is 129 cm³/mol. The Morgan fingerprint density at radius 3 is 2.42 bits per heavy atom. The van der Waals surface area contributed by atoms with Crippen LogP contribution in [0.15, 0.2) is 66.1 Å². The van der Waals surface area contributed by atoms with Crippen molar-refractivity contribution in [1.29, 1.82) is 0 Å². The minimum Gasteiger partial charge on any atom is -0.378 e. The van der Waals surface area contributed by atoms with Gasteiger partial charge in [0, 0.05) is 69.5 Å². The average Bonchev–Trinajstić information content (AvgIpc) is 3.27. The predicted octanol–water partition coefficient (Wildman–Crippen LogP) is 4.23. The summed E-state index contributed by atoms with van der Waals surface area (Å²) in [6, 6.07) is 18.5. The van der Waals surface area contributed by atoms with Gasteiger partial charge in [0.15, 0.2) is 0 Å². The third-order valence-corrected chi connectivity index (χ3v) is 6.41. The summed E-state index contributed by atoms with van der Waals surface area (Å²) in [5.74, 6) is 0.0800. The van der Waals surface area contributed by atoms with Crippen molar-refractivity contribution < 1.29 is 4.79 Å². The second kappa shape index (κ2) is 9.90. The molecule has 3 aromatic rings. The molecule has 1 aromatic heterocycles. The summed E-state index contributed by atoms with van der Waals surface area (Å²) in [5, 5.41) is 3.21. The Morgan fingerprint density at radius 1 is 1.03 bits per heavy atom. The van der Waals surface area contributed by atoms with Crippen LogP contribution in [0.1, 0.15) is 11.3 Å². The Balaban J connectivity index is 1.26. The average molecular weight is 433 g/mol. The van der Waals surface area contributed by atoms with Gasteiger partial charge in [-0.25, -0.2) is 4.98 Å². The van der Waals surface area contributed by atoms with E-state index in [0.717, 1.165) is 60.2 Å². The van der Waals surface area contributed by atoms with Crippen molar-refractivity contribution in [3.63, 3.8) is 0 Å². The van der Waals surface area contributed by atoms with Crippen molar-refractivity contribution in [2.75, 3.05) is 45.2 Å². The van der Waals surface area contributed by atoms with Gasteiger partial charge in [-0.1, -0.05) is 42.5 Å². The lowest BCUT2D eigenvalue weighted by molar-refractivity contribution is -0.127. The molecule has 2 aromatic carbocycles. The smallest absolute Gasteiger partial charge is 0.246 e.